The molecule has 0 fully saturated rings. The summed E-state index contributed by atoms with van der Waals surface area (Å²) in [4.78, 5) is 0. The van der Waals surface area contributed by atoms with E-state index in [2.05, 4.69) is 34.4 Å². The van der Waals surface area contributed by atoms with Crippen molar-refractivity contribution in [2.24, 2.45) is 0 Å². The molecule has 0 atom stereocenters. The predicted molar refractivity (Wildman–Crippen MR) is 74.7 cm³/mol. The molecular weight excluding hydrogens is 234 g/mol. The minimum atomic E-state index is 1.17. The third kappa shape index (κ3) is 1.50. The van der Waals surface area contributed by atoms with Gasteiger partial charge in [0.2, 0.25) is 0 Å². The zero-order valence-electron chi connectivity index (χ0n) is 9.40. The van der Waals surface area contributed by atoms with Crippen LogP contribution in [-0.2, 0) is 6.54 Å². The molecule has 0 radical (unpaired) electrons. The van der Waals surface area contributed by atoms with Gasteiger partial charge < -0.3 is 4.57 Å². The summed E-state index contributed by atoms with van der Waals surface area (Å²) in [5, 5.41) is 4.42. The first kappa shape index (κ1) is 10.4. The highest BCUT2D eigenvalue weighted by atomic mass is 32.1. The second-order valence-corrected chi connectivity index (χ2v) is 5.96. The lowest BCUT2D eigenvalue weighted by Crippen LogP contribution is -1.96. The standard InChI is InChI=1S/C13H15NS2/c1-2-3-4-7-14-10-5-8-15-12(10)13-11(14)6-9-16-13/h5-6,8-9H,2-4,7H2,1H3. The lowest BCUT2D eigenvalue weighted by molar-refractivity contribution is 0.628. The number of aryl methyl sites for hydroxylation is 1. The van der Waals surface area contributed by atoms with Crippen molar-refractivity contribution < 1.29 is 0 Å². The maximum absolute atomic E-state index is 2.49. The summed E-state index contributed by atoms with van der Waals surface area (Å²) in [6.07, 6.45) is 3.91. The van der Waals surface area contributed by atoms with E-state index in [0.29, 0.717) is 0 Å². The average molecular weight is 249 g/mol. The number of thiophene rings is 2. The lowest BCUT2D eigenvalue weighted by Gasteiger charge is -2.04. The Hall–Kier alpha value is -0.800. The summed E-state index contributed by atoms with van der Waals surface area (Å²) < 4.78 is 5.44. The van der Waals surface area contributed by atoms with Crippen LogP contribution in [0.2, 0.25) is 0 Å². The van der Waals surface area contributed by atoms with Crippen LogP contribution in [0.25, 0.3) is 20.4 Å². The van der Waals surface area contributed by atoms with Gasteiger partial charge in [-0.2, -0.15) is 0 Å². The van der Waals surface area contributed by atoms with Crippen molar-refractivity contribution in [3.8, 4) is 0 Å². The van der Waals surface area contributed by atoms with Gasteiger partial charge in [-0.25, -0.2) is 0 Å². The van der Waals surface area contributed by atoms with Crippen molar-refractivity contribution >= 4 is 43.1 Å². The van der Waals surface area contributed by atoms with Crippen LogP contribution in [-0.4, -0.2) is 4.57 Å². The third-order valence-electron chi connectivity index (χ3n) is 3.06. The van der Waals surface area contributed by atoms with E-state index < -0.39 is 0 Å². The summed E-state index contributed by atoms with van der Waals surface area (Å²) in [6.45, 7) is 3.43. The minimum absolute atomic E-state index is 1.17. The largest absolute Gasteiger partial charge is 0.339 e. The average Bonchev–Trinajstić information content (AvgIpc) is 2.93. The number of aromatic nitrogens is 1. The van der Waals surface area contributed by atoms with Gasteiger partial charge in [0.05, 0.1) is 20.4 Å². The van der Waals surface area contributed by atoms with Crippen LogP contribution in [0.4, 0.5) is 0 Å². The molecule has 16 heavy (non-hydrogen) atoms. The number of unbranched alkanes of at least 4 members (excludes halogenated alkanes) is 2. The fourth-order valence-electron chi connectivity index (χ4n) is 2.26. The van der Waals surface area contributed by atoms with Crippen molar-refractivity contribution in [2.75, 3.05) is 0 Å². The van der Waals surface area contributed by atoms with Crippen molar-refractivity contribution in [3.63, 3.8) is 0 Å². The van der Waals surface area contributed by atoms with Crippen LogP contribution in [0.5, 0.6) is 0 Å². The Morgan fingerprint density at radius 3 is 2.19 bits per heavy atom. The van der Waals surface area contributed by atoms with E-state index in [-0.39, 0.29) is 0 Å². The summed E-state index contributed by atoms with van der Waals surface area (Å²) in [5.41, 5.74) is 2.87. The van der Waals surface area contributed by atoms with Gasteiger partial charge in [-0.1, -0.05) is 19.8 Å². The Kier molecular flexibility index (Phi) is 2.74. The third-order valence-corrected chi connectivity index (χ3v) is 5.03. The van der Waals surface area contributed by atoms with Gasteiger partial charge in [0, 0.05) is 6.54 Å². The zero-order valence-corrected chi connectivity index (χ0v) is 11.0. The number of nitrogens with zero attached hydrogens (tertiary/aromatic N) is 1. The molecule has 3 rings (SSSR count). The normalized spacial score (nSPS) is 11.8. The molecule has 0 aliphatic carbocycles. The molecule has 0 spiro atoms. The van der Waals surface area contributed by atoms with Crippen molar-refractivity contribution in [1.29, 1.82) is 0 Å². The Morgan fingerprint density at radius 1 is 1.00 bits per heavy atom. The van der Waals surface area contributed by atoms with Gasteiger partial charge in [0.25, 0.3) is 0 Å². The molecule has 3 heterocycles. The molecule has 0 saturated heterocycles. The topological polar surface area (TPSA) is 4.93 Å². The van der Waals surface area contributed by atoms with Crippen LogP contribution in [0.3, 0.4) is 0 Å². The number of fused-ring (bicyclic) bond motifs is 3. The van der Waals surface area contributed by atoms with Crippen LogP contribution in [0.1, 0.15) is 26.2 Å². The second kappa shape index (κ2) is 4.22. The van der Waals surface area contributed by atoms with Gasteiger partial charge >= 0.3 is 0 Å². The molecule has 0 unspecified atom stereocenters. The number of hydrogen-bond donors (Lipinski definition) is 0. The summed E-state index contributed by atoms with van der Waals surface area (Å²) in [5.74, 6) is 0. The van der Waals surface area contributed by atoms with Gasteiger partial charge in [-0.15, -0.1) is 22.7 Å². The van der Waals surface area contributed by atoms with Gasteiger partial charge in [0.1, 0.15) is 0 Å². The molecule has 0 saturated carbocycles. The van der Waals surface area contributed by atoms with Gasteiger partial charge in [-0.05, 0) is 29.3 Å². The molecule has 1 nitrogen and oxygen atoms in total. The fourth-order valence-corrected chi connectivity index (χ4v) is 4.24. The van der Waals surface area contributed by atoms with Crippen molar-refractivity contribution in [2.45, 2.75) is 32.7 Å². The number of rotatable bonds is 4. The molecule has 0 bridgehead atoms. The smallest absolute Gasteiger partial charge is 0.0700 e. The first-order chi connectivity index (χ1) is 7.92. The molecule has 0 aliphatic rings. The first-order valence-corrected chi connectivity index (χ1v) is 7.60. The monoisotopic (exact) mass is 249 g/mol. The van der Waals surface area contributed by atoms with E-state index in [0.717, 1.165) is 0 Å². The van der Waals surface area contributed by atoms with Crippen LogP contribution in [0.15, 0.2) is 22.9 Å². The van der Waals surface area contributed by atoms with E-state index in [1.165, 1.54) is 46.2 Å². The van der Waals surface area contributed by atoms with Crippen LogP contribution in [0, 0.1) is 0 Å². The summed E-state index contributed by atoms with van der Waals surface area (Å²) in [7, 11) is 0. The molecule has 3 aromatic rings. The molecular formula is C13H15NS2. The van der Waals surface area contributed by atoms with E-state index in [4.69, 9.17) is 0 Å². The molecule has 0 N–H and O–H groups in total. The SMILES string of the molecule is CCCCCn1c2ccsc2c2sccc21. The molecule has 0 amide bonds. The maximum Gasteiger partial charge on any atom is 0.0700 e. The molecule has 0 aliphatic heterocycles. The van der Waals surface area contributed by atoms with Crippen LogP contribution >= 0.6 is 22.7 Å². The molecule has 84 valence electrons. The first-order valence-electron chi connectivity index (χ1n) is 5.84. The highest BCUT2D eigenvalue weighted by molar-refractivity contribution is 7.25. The second-order valence-electron chi connectivity index (χ2n) is 4.13. The predicted octanol–water partition coefficient (Wildman–Crippen LogP) is 5.11. The van der Waals surface area contributed by atoms with E-state index >= 15 is 0 Å². The highest BCUT2D eigenvalue weighted by Crippen LogP contribution is 2.36. The van der Waals surface area contributed by atoms with Crippen molar-refractivity contribution in [3.05, 3.63) is 22.9 Å². The van der Waals surface area contributed by atoms with Crippen LogP contribution < -0.4 is 0 Å². The Morgan fingerprint density at radius 2 is 1.62 bits per heavy atom. The molecule has 0 aromatic carbocycles. The Balaban J connectivity index is 2.09. The Labute approximate surface area is 103 Å². The van der Waals surface area contributed by atoms with Gasteiger partial charge in [-0.3, -0.25) is 0 Å². The van der Waals surface area contributed by atoms with E-state index in [1.54, 1.807) is 0 Å². The fraction of sp³-hybridized carbons (Fsp3) is 0.385. The van der Waals surface area contributed by atoms with E-state index in [1.807, 2.05) is 22.7 Å². The highest BCUT2D eigenvalue weighted by Gasteiger charge is 2.11. The minimum Gasteiger partial charge on any atom is -0.339 e. The maximum atomic E-state index is 2.49. The zero-order chi connectivity index (χ0) is 11.0. The van der Waals surface area contributed by atoms with E-state index in [9.17, 15) is 0 Å². The van der Waals surface area contributed by atoms with Gasteiger partial charge in [0.15, 0.2) is 0 Å². The quantitative estimate of drug-likeness (QED) is 0.566. The summed E-state index contributed by atoms with van der Waals surface area (Å²) in [6, 6.07) is 4.53. The molecule has 3 heteroatoms. The summed E-state index contributed by atoms with van der Waals surface area (Å²) >= 11 is 3.74. The number of hydrogen-bond acceptors (Lipinski definition) is 2. The Bertz CT molecular complexity index is 552. The lowest BCUT2D eigenvalue weighted by atomic mass is 10.2. The van der Waals surface area contributed by atoms with Crippen molar-refractivity contribution in [1.82, 2.24) is 4.57 Å². The molecule has 3 aromatic heterocycles.